The first-order valence-corrected chi connectivity index (χ1v) is 6.77. The average Bonchev–Trinajstić information content (AvgIpc) is 2.40. The molecule has 0 bridgehead atoms. The van der Waals surface area contributed by atoms with E-state index < -0.39 is 0 Å². The number of benzene rings is 2. The molecule has 0 fully saturated rings. The molecule has 0 aliphatic heterocycles. The van der Waals surface area contributed by atoms with Gasteiger partial charge in [0.05, 0.1) is 11.3 Å². The SMILES string of the molecule is N#Cc1cccc(CI)c1Nc1ccccc1. The van der Waals surface area contributed by atoms with Gasteiger partial charge in [-0.25, -0.2) is 0 Å². The third-order valence-electron chi connectivity index (χ3n) is 2.46. The molecular weight excluding hydrogens is 323 g/mol. The molecule has 0 aliphatic carbocycles. The Bertz CT molecular complexity index is 544. The summed E-state index contributed by atoms with van der Waals surface area (Å²) in [6.07, 6.45) is 0. The minimum absolute atomic E-state index is 0.683. The third-order valence-corrected chi connectivity index (χ3v) is 3.28. The second-order valence-electron chi connectivity index (χ2n) is 3.58. The summed E-state index contributed by atoms with van der Waals surface area (Å²) in [5, 5.41) is 12.4. The fraction of sp³-hybridized carbons (Fsp3) is 0.0714. The van der Waals surface area contributed by atoms with E-state index in [1.165, 1.54) is 0 Å². The summed E-state index contributed by atoms with van der Waals surface area (Å²) in [5.74, 6) is 0. The Kier molecular flexibility index (Phi) is 3.99. The Morgan fingerprint density at radius 2 is 1.82 bits per heavy atom. The van der Waals surface area contributed by atoms with Gasteiger partial charge in [0.1, 0.15) is 6.07 Å². The highest BCUT2D eigenvalue weighted by atomic mass is 127. The predicted octanol–water partition coefficient (Wildman–Crippen LogP) is 4.24. The van der Waals surface area contributed by atoms with Crippen molar-refractivity contribution in [3.05, 3.63) is 59.7 Å². The van der Waals surface area contributed by atoms with Crippen LogP contribution in [-0.4, -0.2) is 0 Å². The van der Waals surface area contributed by atoms with Gasteiger partial charge in [-0.15, -0.1) is 0 Å². The van der Waals surface area contributed by atoms with Gasteiger partial charge in [-0.05, 0) is 23.8 Å². The minimum atomic E-state index is 0.683. The number of nitrogens with one attached hydrogen (secondary N) is 1. The van der Waals surface area contributed by atoms with Crippen molar-refractivity contribution in [3.63, 3.8) is 0 Å². The van der Waals surface area contributed by atoms with Gasteiger partial charge in [-0.3, -0.25) is 0 Å². The van der Waals surface area contributed by atoms with Gasteiger partial charge in [-0.2, -0.15) is 5.26 Å². The van der Waals surface area contributed by atoms with Gasteiger partial charge in [-0.1, -0.05) is 52.9 Å². The van der Waals surface area contributed by atoms with Gasteiger partial charge in [0.2, 0.25) is 0 Å². The van der Waals surface area contributed by atoms with Crippen molar-refractivity contribution in [2.45, 2.75) is 4.43 Å². The molecule has 1 N–H and O–H groups in total. The average molecular weight is 334 g/mol. The molecule has 0 unspecified atom stereocenters. The predicted molar refractivity (Wildman–Crippen MR) is 78.6 cm³/mol. The first-order chi connectivity index (χ1) is 8.35. The van der Waals surface area contributed by atoms with Crippen LogP contribution in [0.3, 0.4) is 0 Å². The zero-order valence-corrected chi connectivity index (χ0v) is 11.3. The van der Waals surface area contributed by atoms with Crippen LogP contribution >= 0.6 is 22.6 Å². The topological polar surface area (TPSA) is 35.8 Å². The Balaban J connectivity index is 2.41. The van der Waals surface area contributed by atoms with Crippen molar-refractivity contribution in [1.82, 2.24) is 0 Å². The van der Waals surface area contributed by atoms with Crippen LogP contribution in [0.1, 0.15) is 11.1 Å². The van der Waals surface area contributed by atoms with Gasteiger partial charge in [0.25, 0.3) is 0 Å². The number of hydrogen-bond acceptors (Lipinski definition) is 2. The fourth-order valence-electron chi connectivity index (χ4n) is 1.62. The molecule has 2 aromatic carbocycles. The van der Waals surface area contributed by atoms with E-state index in [1.807, 2.05) is 48.5 Å². The van der Waals surface area contributed by atoms with Crippen molar-refractivity contribution in [1.29, 1.82) is 5.26 Å². The third kappa shape index (κ3) is 2.77. The monoisotopic (exact) mass is 334 g/mol. The molecular formula is C14H11IN2. The molecule has 0 amide bonds. The minimum Gasteiger partial charge on any atom is -0.354 e. The first kappa shape index (κ1) is 11.9. The van der Waals surface area contributed by atoms with Crippen LogP contribution in [0.4, 0.5) is 11.4 Å². The van der Waals surface area contributed by atoms with E-state index in [4.69, 9.17) is 5.26 Å². The smallest absolute Gasteiger partial charge is 0.101 e. The lowest BCUT2D eigenvalue weighted by molar-refractivity contribution is 1.38. The fourth-order valence-corrected chi connectivity index (χ4v) is 2.25. The second-order valence-corrected chi connectivity index (χ2v) is 4.34. The van der Waals surface area contributed by atoms with Crippen LogP contribution in [0.25, 0.3) is 0 Å². The molecule has 0 aromatic heterocycles. The van der Waals surface area contributed by atoms with E-state index in [0.29, 0.717) is 5.56 Å². The molecule has 2 aromatic rings. The number of hydrogen-bond donors (Lipinski definition) is 1. The zero-order valence-electron chi connectivity index (χ0n) is 9.15. The number of rotatable bonds is 3. The molecule has 0 saturated carbocycles. The lowest BCUT2D eigenvalue weighted by atomic mass is 10.1. The Hall–Kier alpha value is -1.54. The number of anilines is 2. The highest BCUT2D eigenvalue weighted by Crippen LogP contribution is 2.26. The normalized spacial score (nSPS) is 9.65. The van der Waals surface area contributed by atoms with E-state index in [0.717, 1.165) is 21.4 Å². The number of alkyl halides is 1. The van der Waals surface area contributed by atoms with Crippen LogP contribution in [0.2, 0.25) is 0 Å². The highest BCUT2D eigenvalue weighted by Gasteiger charge is 2.07. The molecule has 0 spiro atoms. The van der Waals surface area contributed by atoms with Gasteiger partial charge < -0.3 is 5.32 Å². The van der Waals surface area contributed by atoms with E-state index in [1.54, 1.807) is 0 Å². The molecule has 0 aliphatic rings. The molecule has 3 heteroatoms. The van der Waals surface area contributed by atoms with Crippen LogP contribution in [0, 0.1) is 11.3 Å². The van der Waals surface area contributed by atoms with Gasteiger partial charge in [0.15, 0.2) is 0 Å². The molecule has 0 radical (unpaired) electrons. The largest absolute Gasteiger partial charge is 0.354 e. The Morgan fingerprint density at radius 1 is 1.06 bits per heavy atom. The van der Waals surface area contributed by atoms with Crippen molar-refractivity contribution >= 4 is 34.0 Å². The Morgan fingerprint density at radius 3 is 2.47 bits per heavy atom. The number of nitriles is 1. The summed E-state index contributed by atoms with van der Waals surface area (Å²) >= 11 is 2.31. The molecule has 17 heavy (non-hydrogen) atoms. The maximum atomic E-state index is 9.12. The van der Waals surface area contributed by atoms with E-state index >= 15 is 0 Å². The number of para-hydroxylation sites is 2. The zero-order chi connectivity index (χ0) is 12.1. The summed E-state index contributed by atoms with van der Waals surface area (Å²) < 4.78 is 0.877. The number of nitrogens with zero attached hydrogens (tertiary/aromatic N) is 1. The van der Waals surface area contributed by atoms with E-state index in [9.17, 15) is 0 Å². The molecule has 2 nitrogen and oxygen atoms in total. The molecule has 0 atom stereocenters. The maximum Gasteiger partial charge on any atom is 0.101 e. The summed E-state index contributed by atoms with van der Waals surface area (Å²) in [6, 6.07) is 17.9. The summed E-state index contributed by atoms with van der Waals surface area (Å²) in [4.78, 5) is 0. The summed E-state index contributed by atoms with van der Waals surface area (Å²) in [7, 11) is 0. The molecule has 84 valence electrons. The van der Waals surface area contributed by atoms with Crippen molar-refractivity contribution in [2.24, 2.45) is 0 Å². The van der Waals surface area contributed by atoms with E-state index in [2.05, 4.69) is 34.0 Å². The lowest BCUT2D eigenvalue weighted by Crippen LogP contribution is -1.97. The highest BCUT2D eigenvalue weighted by molar-refractivity contribution is 14.1. The van der Waals surface area contributed by atoms with Crippen molar-refractivity contribution < 1.29 is 0 Å². The molecule has 0 heterocycles. The van der Waals surface area contributed by atoms with Crippen LogP contribution in [-0.2, 0) is 4.43 Å². The van der Waals surface area contributed by atoms with Crippen LogP contribution < -0.4 is 5.32 Å². The standard InChI is InChI=1S/C14H11IN2/c15-9-11-5-4-6-12(10-16)14(11)17-13-7-2-1-3-8-13/h1-8,17H,9H2. The Labute approximate surface area is 114 Å². The van der Waals surface area contributed by atoms with Crippen molar-refractivity contribution in [3.8, 4) is 6.07 Å². The van der Waals surface area contributed by atoms with Crippen LogP contribution in [0.15, 0.2) is 48.5 Å². The van der Waals surface area contributed by atoms with E-state index in [-0.39, 0.29) is 0 Å². The first-order valence-electron chi connectivity index (χ1n) is 5.25. The van der Waals surface area contributed by atoms with Gasteiger partial charge in [0, 0.05) is 10.1 Å². The number of halogens is 1. The van der Waals surface area contributed by atoms with Gasteiger partial charge >= 0.3 is 0 Å². The molecule has 0 saturated heterocycles. The van der Waals surface area contributed by atoms with Crippen LogP contribution in [0.5, 0.6) is 0 Å². The molecule has 2 rings (SSSR count). The lowest BCUT2D eigenvalue weighted by Gasteiger charge is -2.12. The van der Waals surface area contributed by atoms with Crippen molar-refractivity contribution in [2.75, 3.05) is 5.32 Å². The summed E-state index contributed by atoms with van der Waals surface area (Å²) in [5.41, 5.74) is 3.74. The second kappa shape index (κ2) is 5.69. The summed E-state index contributed by atoms with van der Waals surface area (Å²) in [6.45, 7) is 0. The maximum absolute atomic E-state index is 9.12. The quantitative estimate of drug-likeness (QED) is 0.673.